The van der Waals surface area contributed by atoms with Crippen LogP contribution in [-0.4, -0.2) is 16.4 Å². The quantitative estimate of drug-likeness (QED) is 0.299. The Hall–Kier alpha value is -2.99. The highest BCUT2D eigenvalue weighted by Crippen LogP contribution is 2.27. The molecule has 3 rings (SSSR count). The summed E-state index contributed by atoms with van der Waals surface area (Å²) in [4.78, 5) is 5.06. The first kappa shape index (κ1) is 17.8. The van der Waals surface area contributed by atoms with Crippen LogP contribution >= 0.6 is 23.5 Å². The number of hydrogen-bond acceptors (Lipinski definition) is 7. The zero-order valence-electron chi connectivity index (χ0n) is 13.4. The molecule has 0 unspecified atom stereocenters. The van der Waals surface area contributed by atoms with Crippen LogP contribution in [0.5, 0.6) is 0 Å². The first-order valence-electron chi connectivity index (χ1n) is 7.42. The molecule has 0 spiro atoms. The summed E-state index contributed by atoms with van der Waals surface area (Å²) in [6.07, 6.45) is 1.58. The summed E-state index contributed by atoms with van der Waals surface area (Å²) in [6.45, 7) is 0. The molecule has 0 atom stereocenters. The first-order valence-corrected chi connectivity index (χ1v) is 8.68. The van der Waals surface area contributed by atoms with Crippen molar-refractivity contribution in [3.63, 3.8) is 0 Å². The number of halogens is 1. The first-order chi connectivity index (χ1) is 12.6. The molecule has 0 aliphatic heterocycles. The number of nitriles is 1. The molecule has 1 heterocycles. The Morgan fingerprint density at radius 3 is 2.85 bits per heavy atom. The van der Waals surface area contributed by atoms with Crippen LogP contribution in [0.15, 0.2) is 52.4 Å². The lowest BCUT2D eigenvalue weighted by atomic mass is 10.2. The highest BCUT2D eigenvalue weighted by Gasteiger charge is 2.12. The third kappa shape index (κ3) is 3.97. The highest BCUT2D eigenvalue weighted by molar-refractivity contribution is 7.97. The predicted molar refractivity (Wildman–Crippen MR) is 106 cm³/mol. The van der Waals surface area contributed by atoms with Crippen molar-refractivity contribution in [3.05, 3.63) is 58.6 Å². The second kappa shape index (κ2) is 7.93. The van der Waals surface area contributed by atoms with E-state index >= 15 is 0 Å². The molecule has 0 bridgehead atoms. The van der Waals surface area contributed by atoms with E-state index in [2.05, 4.69) is 26.6 Å². The molecule has 6 N–H and O–H groups in total. The second-order valence-corrected chi connectivity index (χ2v) is 6.33. The average Bonchev–Trinajstić information content (AvgIpc) is 3.01. The fourth-order valence-electron chi connectivity index (χ4n) is 2.22. The van der Waals surface area contributed by atoms with Gasteiger partial charge in [0.1, 0.15) is 17.5 Å². The molecule has 26 heavy (non-hydrogen) atoms. The zero-order valence-corrected chi connectivity index (χ0v) is 15.0. The number of nitrogens with one attached hydrogen (secondary N) is 2. The average molecular weight is 384 g/mol. The van der Waals surface area contributed by atoms with Crippen LogP contribution in [0.4, 0.5) is 23.0 Å². The van der Waals surface area contributed by atoms with Crippen molar-refractivity contribution in [2.24, 2.45) is 10.1 Å². The SMILES string of the molecule is N#Cc1c(N=Cc2ccc(SN)c(N)c2)n[nH]c1Nc1cccc(Cl)c1. The van der Waals surface area contributed by atoms with Crippen LogP contribution in [0.25, 0.3) is 0 Å². The molecular formula is C17H14ClN7S. The maximum atomic E-state index is 9.44. The van der Waals surface area contributed by atoms with Crippen molar-refractivity contribution < 1.29 is 0 Å². The Bertz CT molecular complexity index is 1010. The molecule has 0 saturated heterocycles. The van der Waals surface area contributed by atoms with E-state index in [9.17, 15) is 5.26 Å². The topological polar surface area (TPSA) is 129 Å². The van der Waals surface area contributed by atoms with Crippen LogP contribution in [0, 0.1) is 11.3 Å². The Kier molecular flexibility index (Phi) is 5.43. The van der Waals surface area contributed by atoms with E-state index < -0.39 is 0 Å². The van der Waals surface area contributed by atoms with Crippen LogP contribution in [0.2, 0.25) is 5.02 Å². The number of aliphatic imine (C=N–C) groups is 1. The normalized spacial score (nSPS) is 10.8. The molecule has 0 radical (unpaired) electrons. The number of aromatic amines is 1. The lowest BCUT2D eigenvalue weighted by Crippen LogP contribution is -1.93. The second-order valence-electron chi connectivity index (χ2n) is 5.22. The Balaban J connectivity index is 1.84. The predicted octanol–water partition coefficient (Wildman–Crippen LogP) is 3.98. The highest BCUT2D eigenvalue weighted by atomic mass is 35.5. The molecule has 2 aromatic carbocycles. The van der Waals surface area contributed by atoms with Gasteiger partial charge in [-0.25, -0.2) is 4.99 Å². The van der Waals surface area contributed by atoms with Gasteiger partial charge >= 0.3 is 0 Å². The van der Waals surface area contributed by atoms with E-state index in [1.165, 1.54) is 0 Å². The maximum absolute atomic E-state index is 9.44. The van der Waals surface area contributed by atoms with Crippen LogP contribution < -0.4 is 16.2 Å². The van der Waals surface area contributed by atoms with Gasteiger partial charge in [0.2, 0.25) is 0 Å². The Morgan fingerprint density at radius 1 is 1.31 bits per heavy atom. The van der Waals surface area contributed by atoms with Crippen molar-refractivity contribution >= 4 is 52.8 Å². The number of aromatic nitrogens is 2. The number of nitrogens with zero attached hydrogens (tertiary/aromatic N) is 3. The minimum absolute atomic E-state index is 0.271. The summed E-state index contributed by atoms with van der Waals surface area (Å²) in [5.41, 5.74) is 8.27. The van der Waals surface area contributed by atoms with Gasteiger partial charge in [0.25, 0.3) is 0 Å². The van der Waals surface area contributed by atoms with Gasteiger partial charge in [-0.05, 0) is 47.8 Å². The van der Waals surface area contributed by atoms with Gasteiger partial charge in [-0.15, -0.1) is 0 Å². The number of rotatable bonds is 5. The van der Waals surface area contributed by atoms with Gasteiger partial charge in [-0.2, -0.15) is 10.4 Å². The van der Waals surface area contributed by atoms with Crippen LogP contribution in [-0.2, 0) is 0 Å². The molecule has 0 aliphatic rings. The number of benzene rings is 2. The molecule has 1 aromatic heterocycles. The number of H-pyrrole nitrogens is 1. The van der Waals surface area contributed by atoms with Crippen LogP contribution in [0.3, 0.4) is 0 Å². The lowest BCUT2D eigenvalue weighted by Gasteiger charge is -2.04. The van der Waals surface area contributed by atoms with Gasteiger partial charge in [-0.3, -0.25) is 10.2 Å². The molecule has 0 amide bonds. The van der Waals surface area contributed by atoms with Crippen molar-refractivity contribution in [3.8, 4) is 6.07 Å². The van der Waals surface area contributed by atoms with E-state index in [0.717, 1.165) is 28.1 Å². The van der Waals surface area contributed by atoms with Crippen molar-refractivity contribution in [2.75, 3.05) is 11.1 Å². The molecule has 0 saturated carbocycles. The van der Waals surface area contributed by atoms with Gasteiger partial charge in [0, 0.05) is 27.5 Å². The van der Waals surface area contributed by atoms with Crippen molar-refractivity contribution in [2.45, 2.75) is 4.90 Å². The summed E-state index contributed by atoms with van der Waals surface area (Å²) in [7, 11) is 0. The molecule has 0 aliphatic carbocycles. The maximum Gasteiger partial charge on any atom is 0.193 e. The summed E-state index contributed by atoms with van der Waals surface area (Å²) in [5, 5.41) is 25.5. The van der Waals surface area contributed by atoms with E-state index in [0.29, 0.717) is 22.1 Å². The largest absolute Gasteiger partial charge is 0.398 e. The zero-order chi connectivity index (χ0) is 18.5. The fraction of sp³-hybridized carbons (Fsp3) is 0. The van der Waals surface area contributed by atoms with Crippen LogP contribution in [0.1, 0.15) is 11.1 Å². The summed E-state index contributed by atoms with van der Waals surface area (Å²) in [6, 6.07) is 14.6. The van der Waals surface area contributed by atoms with Gasteiger partial charge in [-0.1, -0.05) is 23.7 Å². The number of nitrogen functional groups attached to an aromatic ring is 1. The van der Waals surface area contributed by atoms with E-state index in [1.807, 2.05) is 18.2 Å². The standard InChI is InChI=1S/C17H14ClN7S/c18-11-2-1-3-12(7-11)23-17-13(8-19)16(24-25-17)22-9-10-4-5-15(26-21)14(20)6-10/h1-7,9H,20-21H2,(H2,23,24,25). The molecule has 130 valence electrons. The number of hydrogen-bond donors (Lipinski definition) is 4. The van der Waals surface area contributed by atoms with E-state index in [1.54, 1.807) is 30.5 Å². The third-order valence-corrected chi connectivity index (χ3v) is 4.31. The van der Waals surface area contributed by atoms with Gasteiger partial charge < -0.3 is 11.1 Å². The molecular weight excluding hydrogens is 370 g/mol. The van der Waals surface area contributed by atoms with Gasteiger partial charge in [0.15, 0.2) is 5.82 Å². The van der Waals surface area contributed by atoms with Crippen molar-refractivity contribution in [1.29, 1.82) is 5.26 Å². The van der Waals surface area contributed by atoms with E-state index in [4.69, 9.17) is 22.5 Å². The number of anilines is 3. The summed E-state index contributed by atoms with van der Waals surface area (Å²) in [5.74, 6) is 0.712. The Labute approximate surface area is 159 Å². The summed E-state index contributed by atoms with van der Waals surface area (Å²) >= 11 is 7.05. The third-order valence-electron chi connectivity index (χ3n) is 3.45. The minimum Gasteiger partial charge on any atom is -0.398 e. The molecule has 7 nitrogen and oxygen atoms in total. The molecule has 0 fully saturated rings. The smallest absolute Gasteiger partial charge is 0.193 e. The minimum atomic E-state index is 0.271. The molecule has 9 heteroatoms. The lowest BCUT2D eigenvalue weighted by molar-refractivity contribution is 1.09. The monoisotopic (exact) mass is 383 g/mol. The Morgan fingerprint density at radius 2 is 2.15 bits per heavy atom. The summed E-state index contributed by atoms with van der Waals surface area (Å²) < 4.78 is 0. The molecule has 3 aromatic rings. The number of nitrogens with two attached hydrogens (primary N) is 2. The fourth-order valence-corrected chi connectivity index (χ4v) is 2.75. The van der Waals surface area contributed by atoms with E-state index in [-0.39, 0.29) is 5.82 Å². The van der Waals surface area contributed by atoms with Crippen molar-refractivity contribution in [1.82, 2.24) is 10.2 Å². The van der Waals surface area contributed by atoms with Gasteiger partial charge in [0.05, 0.1) is 0 Å².